The van der Waals surface area contributed by atoms with E-state index in [2.05, 4.69) is 101 Å². The summed E-state index contributed by atoms with van der Waals surface area (Å²) in [5.74, 6) is 0. The molecule has 6 rings (SSSR count). The molecule has 3 aromatic carbocycles. The fourth-order valence-electron chi connectivity index (χ4n) is 5.34. The summed E-state index contributed by atoms with van der Waals surface area (Å²) in [5.41, 5.74) is 10.6. The largest absolute Gasteiger partial charge is 0.121 e. The first-order valence-corrected chi connectivity index (χ1v) is 10.4. The Bertz CT molecular complexity index is 1140. The topological polar surface area (TPSA) is 0 Å². The van der Waals surface area contributed by atoms with Crippen LogP contribution in [0.4, 0.5) is 0 Å². The third-order valence-corrected chi connectivity index (χ3v) is 7.06. The van der Waals surface area contributed by atoms with E-state index in [0.29, 0.717) is 0 Å². The zero-order valence-corrected chi connectivity index (χ0v) is 16.9. The second-order valence-corrected chi connectivity index (χ2v) is 10.1. The molecule has 3 aromatic rings. The number of allylic oxidation sites excluding steroid dienone is 4. The first-order chi connectivity index (χ1) is 13.1. The van der Waals surface area contributed by atoms with Crippen molar-refractivity contribution in [3.63, 3.8) is 0 Å². The summed E-state index contributed by atoms with van der Waals surface area (Å²) in [5, 5.41) is 0. The molecule has 0 saturated heterocycles. The Balaban J connectivity index is 1.81. The van der Waals surface area contributed by atoms with Crippen LogP contribution in [0.5, 0.6) is 0 Å². The lowest BCUT2D eigenvalue weighted by molar-refractivity contribution is 0.708. The third-order valence-electron chi connectivity index (χ3n) is 6.26. The second kappa shape index (κ2) is 5.25. The van der Waals surface area contributed by atoms with Crippen molar-refractivity contribution in [3.8, 4) is 11.1 Å². The average Bonchev–Trinajstić information content (AvgIpc) is 3.14. The molecular formula is C25H16BrCl. The molecule has 2 heteroatoms. The quantitative estimate of drug-likeness (QED) is 0.334. The highest BCUT2D eigenvalue weighted by molar-refractivity contribution is 9.10. The van der Waals surface area contributed by atoms with Gasteiger partial charge in [-0.3, -0.25) is 0 Å². The Kier molecular flexibility index (Phi) is 3.09. The van der Waals surface area contributed by atoms with Crippen LogP contribution in [0.1, 0.15) is 28.7 Å². The van der Waals surface area contributed by atoms with E-state index in [0.717, 1.165) is 6.42 Å². The summed E-state index contributed by atoms with van der Waals surface area (Å²) in [4.78, 5) is 0. The van der Waals surface area contributed by atoms with Crippen molar-refractivity contribution in [2.45, 2.75) is 15.6 Å². The minimum absolute atomic E-state index is 0.252. The number of hydrogen-bond donors (Lipinski definition) is 0. The summed E-state index contributed by atoms with van der Waals surface area (Å²) in [6.07, 6.45) is 5.06. The lowest BCUT2D eigenvalue weighted by Gasteiger charge is -2.35. The molecule has 0 aliphatic heterocycles. The zero-order valence-electron chi connectivity index (χ0n) is 14.5. The van der Waals surface area contributed by atoms with Gasteiger partial charge < -0.3 is 0 Å². The molecule has 0 aromatic heterocycles. The Labute approximate surface area is 172 Å². The summed E-state index contributed by atoms with van der Waals surface area (Å²) in [6.45, 7) is 0. The number of alkyl halides is 2. The summed E-state index contributed by atoms with van der Waals surface area (Å²) >= 11 is 10.5. The molecule has 0 fully saturated rings. The third kappa shape index (κ3) is 1.89. The molecule has 0 radical (unpaired) electrons. The molecule has 0 N–H and O–H groups in total. The van der Waals surface area contributed by atoms with Crippen molar-refractivity contribution in [1.82, 2.24) is 0 Å². The van der Waals surface area contributed by atoms with E-state index >= 15 is 0 Å². The smallest absolute Gasteiger partial charge is 0.102 e. The molecule has 1 spiro atoms. The van der Waals surface area contributed by atoms with Gasteiger partial charge in [0.05, 0.1) is 5.41 Å². The lowest BCUT2D eigenvalue weighted by Crippen LogP contribution is -2.30. The van der Waals surface area contributed by atoms with Gasteiger partial charge >= 0.3 is 0 Å². The van der Waals surface area contributed by atoms with Gasteiger partial charge in [0.15, 0.2) is 0 Å². The predicted molar refractivity (Wildman–Crippen MR) is 116 cm³/mol. The monoisotopic (exact) mass is 430 g/mol. The lowest BCUT2D eigenvalue weighted by atomic mass is 9.68. The molecule has 0 saturated carbocycles. The number of rotatable bonds is 0. The summed E-state index contributed by atoms with van der Waals surface area (Å²) < 4.78 is -0.534. The van der Waals surface area contributed by atoms with Crippen molar-refractivity contribution in [2.24, 2.45) is 0 Å². The Morgan fingerprint density at radius 2 is 1.19 bits per heavy atom. The van der Waals surface area contributed by atoms with Gasteiger partial charge in [0, 0.05) is 6.42 Å². The maximum absolute atomic E-state index is 6.79. The van der Waals surface area contributed by atoms with E-state index in [4.69, 9.17) is 11.6 Å². The van der Waals surface area contributed by atoms with Gasteiger partial charge in [-0.05, 0) is 44.5 Å². The van der Waals surface area contributed by atoms with Gasteiger partial charge in [0.25, 0.3) is 0 Å². The van der Waals surface area contributed by atoms with Crippen molar-refractivity contribution in [2.75, 3.05) is 0 Å². The van der Waals surface area contributed by atoms with Gasteiger partial charge in [-0.2, -0.15) is 0 Å². The van der Waals surface area contributed by atoms with E-state index in [9.17, 15) is 0 Å². The maximum Gasteiger partial charge on any atom is 0.121 e. The highest BCUT2D eigenvalue weighted by Gasteiger charge is 2.54. The van der Waals surface area contributed by atoms with Crippen LogP contribution < -0.4 is 0 Å². The molecule has 1 unspecified atom stereocenters. The highest BCUT2D eigenvalue weighted by Crippen LogP contribution is 2.64. The Morgan fingerprint density at radius 1 is 0.704 bits per heavy atom. The number of hydrogen-bond acceptors (Lipinski definition) is 0. The van der Waals surface area contributed by atoms with Crippen molar-refractivity contribution in [1.29, 1.82) is 0 Å². The minimum Gasteiger partial charge on any atom is -0.102 e. The fourth-order valence-corrected chi connectivity index (χ4v) is 5.95. The van der Waals surface area contributed by atoms with E-state index in [-0.39, 0.29) is 5.41 Å². The van der Waals surface area contributed by atoms with Gasteiger partial charge in [-0.15, -0.1) is 11.6 Å². The van der Waals surface area contributed by atoms with Crippen LogP contribution in [0.15, 0.2) is 90.5 Å². The van der Waals surface area contributed by atoms with E-state index in [1.807, 2.05) is 0 Å². The first-order valence-electron chi connectivity index (χ1n) is 9.23. The van der Waals surface area contributed by atoms with Gasteiger partial charge in [0.2, 0.25) is 0 Å². The van der Waals surface area contributed by atoms with Crippen LogP contribution in [-0.2, 0) is 5.41 Å². The Morgan fingerprint density at radius 3 is 1.78 bits per heavy atom. The molecule has 27 heavy (non-hydrogen) atoms. The SMILES string of the molecule is ClC1(Br)C=CC2=C(C1)C1(c3ccccc32)c2ccccc2-c2ccccc21. The molecular weight excluding hydrogens is 416 g/mol. The zero-order chi connectivity index (χ0) is 18.2. The normalized spacial score (nSPS) is 23.2. The van der Waals surface area contributed by atoms with Crippen molar-refractivity contribution < 1.29 is 0 Å². The van der Waals surface area contributed by atoms with E-state index < -0.39 is 3.78 Å². The highest BCUT2D eigenvalue weighted by atomic mass is 79.9. The molecule has 3 aliphatic carbocycles. The predicted octanol–water partition coefficient (Wildman–Crippen LogP) is 7.06. The van der Waals surface area contributed by atoms with Gasteiger partial charge in [-0.1, -0.05) is 101 Å². The van der Waals surface area contributed by atoms with Crippen LogP contribution in [0.2, 0.25) is 0 Å². The van der Waals surface area contributed by atoms with E-state index in [1.54, 1.807) is 0 Å². The second-order valence-electron chi connectivity index (χ2n) is 7.55. The molecule has 0 nitrogen and oxygen atoms in total. The fraction of sp³-hybridized carbons (Fsp3) is 0.120. The van der Waals surface area contributed by atoms with Crippen molar-refractivity contribution >= 4 is 33.1 Å². The van der Waals surface area contributed by atoms with Crippen molar-refractivity contribution in [3.05, 3.63) is 113 Å². The summed E-state index contributed by atoms with van der Waals surface area (Å²) in [6, 6.07) is 26.6. The van der Waals surface area contributed by atoms with Crippen LogP contribution in [-0.4, -0.2) is 3.78 Å². The molecule has 0 heterocycles. The number of benzene rings is 3. The first kappa shape index (κ1) is 15.9. The van der Waals surface area contributed by atoms with Crippen LogP contribution in [0.25, 0.3) is 16.7 Å². The Hall–Kier alpha value is -2.09. The standard InChI is InChI=1S/C25H16BrCl/c26-24(27)14-13-19-18-9-3-6-12-22(18)25(23(19)15-24)20-10-4-1-7-16(20)17-8-2-5-11-21(17)25/h1-14H,15H2. The molecule has 0 bridgehead atoms. The van der Waals surface area contributed by atoms with E-state index in [1.165, 1.54) is 44.5 Å². The average molecular weight is 432 g/mol. The van der Waals surface area contributed by atoms with Crippen LogP contribution >= 0.6 is 27.5 Å². The number of halogens is 2. The number of fused-ring (bicyclic) bond motifs is 9. The van der Waals surface area contributed by atoms with Crippen LogP contribution in [0.3, 0.4) is 0 Å². The maximum atomic E-state index is 6.79. The molecule has 1 atom stereocenters. The molecule has 3 aliphatic rings. The van der Waals surface area contributed by atoms with Crippen LogP contribution in [0, 0.1) is 0 Å². The van der Waals surface area contributed by atoms with Gasteiger partial charge in [0.1, 0.15) is 3.78 Å². The van der Waals surface area contributed by atoms with Gasteiger partial charge in [-0.25, -0.2) is 0 Å². The molecule has 130 valence electrons. The minimum atomic E-state index is -0.534. The molecule has 0 amide bonds. The summed E-state index contributed by atoms with van der Waals surface area (Å²) in [7, 11) is 0.